The molecule has 0 spiro atoms. The molecule has 2 rings (SSSR count). The van der Waals surface area contributed by atoms with Crippen molar-refractivity contribution in [3.63, 3.8) is 0 Å². The van der Waals surface area contributed by atoms with E-state index < -0.39 is 52.2 Å². The predicted molar refractivity (Wildman–Crippen MR) is 208 cm³/mol. The van der Waals surface area contributed by atoms with E-state index >= 15 is 0 Å². The van der Waals surface area contributed by atoms with E-state index in [0.717, 1.165) is 17.6 Å². The van der Waals surface area contributed by atoms with Gasteiger partial charge in [-0.15, -0.1) is 0 Å². The molecule has 0 saturated carbocycles. The van der Waals surface area contributed by atoms with Crippen LogP contribution in [0.3, 0.4) is 0 Å². The lowest BCUT2D eigenvalue weighted by molar-refractivity contribution is -0.164. The quantitative estimate of drug-likeness (QED) is 0.0261. The Balaban J connectivity index is 2.54. The highest BCUT2D eigenvalue weighted by molar-refractivity contribution is 6.74. The molecule has 1 aromatic rings. The van der Waals surface area contributed by atoms with E-state index in [-0.39, 0.29) is 42.1 Å². The second-order valence-electron chi connectivity index (χ2n) is 17.4. The molecular formula is C39H70O11Si2. The highest BCUT2D eigenvalue weighted by Crippen LogP contribution is 2.51. The van der Waals surface area contributed by atoms with E-state index in [0.29, 0.717) is 26.4 Å². The standard InChI is InChI=1S/C39H70O11Si2/c1-28(23-45-24-30-16-18-32(43-11)19-17-30)35-39(9,49-35)36(50-52(14,15)38(6,7)8)33(26-47-51(12,13)37(3,4)5)34(48-29(2)41)31(22-40)25-46-27-44-21-20-42-10/h16-19,22,28,31,33-36H,20-21,23-27H2,1-15H3/t28-,31-,33-,34+,35+,36-,39-/m0/s1. The van der Waals surface area contributed by atoms with Gasteiger partial charge in [-0.1, -0.05) is 60.6 Å². The Morgan fingerprint density at radius 2 is 1.52 bits per heavy atom. The molecule has 13 heteroatoms. The fourth-order valence-corrected chi connectivity index (χ4v) is 8.10. The first kappa shape index (κ1) is 46.5. The molecule has 0 bridgehead atoms. The third-order valence-corrected chi connectivity index (χ3v) is 20.0. The summed E-state index contributed by atoms with van der Waals surface area (Å²) in [4.78, 5) is 25.7. The molecule has 0 aliphatic carbocycles. The van der Waals surface area contributed by atoms with Gasteiger partial charge in [-0.2, -0.15) is 0 Å². The molecule has 0 amide bonds. The van der Waals surface area contributed by atoms with E-state index in [1.807, 2.05) is 24.3 Å². The fourth-order valence-electron chi connectivity index (χ4n) is 5.66. The summed E-state index contributed by atoms with van der Waals surface area (Å²) in [5.41, 5.74) is 0.264. The zero-order valence-corrected chi connectivity index (χ0v) is 36.8. The second kappa shape index (κ2) is 19.8. The maximum Gasteiger partial charge on any atom is 0.302 e. The summed E-state index contributed by atoms with van der Waals surface area (Å²) in [6.07, 6.45) is -0.922. The van der Waals surface area contributed by atoms with E-state index in [1.165, 1.54) is 6.92 Å². The number of carbonyl (C=O) groups is 2. The summed E-state index contributed by atoms with van der Waals surface area (Å²) >= 11 is 0. The fraction of sp³-hybridized carbons (Fsp3) is 0.795. The minimum atomic E-state index is -2.49. The van der Waals surface area contributed by atoms with Crippen molar-refractivity contribution in [1.29, 1.82) is 0 Å². The molecule has 1 aliphatic rings. The first-order chi connectivity index (χ1) is 24.0. The van der Waals surface area contributed by atoms with Crippen molar-refractivity contribution < 1.29 is 51.6 Å². The van der Waals surface area contributed by atoms with Gasteiger partial charge in [0.25, 0.3) is 0 Å². The molecule has 1 saturated heterocycles. The third-order valence-electron chi connectivity index (χ3n) is 11.1. The normalized spacial score (nSPS) is 21.2. The first-order valence-electron chi connectivity index (χ1n) is 18.5. The van der Waals surface area contributed by atoms with Crippen LogP contribution >= 0.6 is 0 Å². The number of rotatable bonds is 24. The van der Waals surface area contributed by atoms with Crippen molar-refractivity contribution in [3.05, 3.63) is 29.8 Å². The van der Waals surface area contributed by atoms with Crippen molar-refractivity contribution in [3.8, 4) is 5.75 Å². The Labute approximate surface area is 316 Å². The maximum absolute atomic E-state index is 12.9. The number of carbonyl (C=O) groups excluding carboxylic acids is 2. The van der Waals surface area contributed by atoms with Crippen LogP contribution in [0.4, 0.5) is 0 Å². The summed E-state index contributed by atoms with van der Waals surface area (Å²) in [6, 6.07) is 7.82. The first-order valence-corrected chi connectivity index (χ1v) is 24.3. The van der Waals surface area contributed by atoms with E-state index in [4.69, 9.17) is 42.0 Å². The van der Waals surface area contributed by atoms with Crippen molar-refractivity contribution in [2.24, 2.45) is 17.8 Å². The average Bonchev–Trinajstić information content (AvgIpc) is 3.75. The SMILES string of the molecule is COCCOCOC[C@H](C=O)[C@@H](OC(C)=O)[C@H](CO[Si](C)(C)C(C)(C)C)[C@H](O[Si](C)(C)C(C)(C)C)[C@@]1(C)O[C@@H]1[C@@H](C)COCc1ccc(OC)cc1. The topological polar surface area (TPSA) is 121 Å². The van der Waals surface area contributed by atoms with Crippen LogP contribution in [-0.2, 0) is 53.5 Å². The molecule has 0 N–H and O–H groups in total. The molecule has 1 aromatic carbocycles. The lowest BCUT2D eigenvalue weighted by Gasteiger charge is -2.46. The van der Waals surface area contributed by atoms with Gasteiger partial charge in [0.2, 0.25) is 0 Å². The zero-order chi connectivity index (χ0) is 39.5. The second-order valence-corrected chi connectivity index (χ2v) is 26.9. The van der Waals surface area contributed by atoms with Crippen LogP contribution in [0.5, 0.6) is 5.75 Å². The molecule has 0 unspecified atom stereocenters. The molecule has 11 nitrogen and oxygen atoms in total. The van der Waals surface area contributed by atoms with Gasteiger partial charge in [-0.25, -0.2) is 0 Å². The summed E-state index contributed by atoms with van der Waals surface area (Å²) in [7, 11) is -1.57. The zero-order valence-electron chi connectivity index (χ0n) is 34.8. The Hall–Kier alpha value is -1.69. The highest BCUT2D eigenvalue weighted by Gasteiger charge is 2.65. The van der Waals surface area contributed by atoms with Gasteiger partial charge in [0.1, 0.15) is 30.5 Å². The van der Waals surface area contributed by atoms with E-state index in [2.05, 4.69) is 81.6 Å². The van der Waals surface area contributed by atoms with Crippen LogP contribution in [0.1, 0.15) is 67.9 Å². The predicted octanol–water partition coefficient (Wildman–Crippen LogP) is 7.42. The van der Waals surface area contributed by atoms with Crippen molar-refractivity contribution >= 4 is 28.9 Å². The molecule has 0 aromatic heterocycles. The van der Waals surface area contributed by atoms with Crippen LogP contribution in [0.25, 0.3) is 0 Å². The average molecular weight is 771 g/mol. The van der Waals surface area contributed by atoms with Crippen LogP contribution in [0.2, 0.25) is 36.3 Å². The summed E-state index contributed by atoms with van der Waals surface area (Å²) in [6.45, 7) is 29.3. The number of methoxy groups -OCH3 is 2. The van der Waals surface area contributed by atoms with Crippen LogP contribution in [0.15, 0.2) is 24.3 Å². The minimum Gasteiger partial charge on any atom is -0.497 e. The Kier molecular flexibility index (Phi) is 17.7. The molecular weight excluding hydrogens is 701 g/mol. The lowest BCUT2D eigenvalue weighted by atomic mass is 9.80. The molecule has 1 heterocycles. The van der Waals surface area contributed by atoms with Gasteiger partial charge in [-0.05, 0) is 60.9 Å². The smallest absolute Gasteiger partial charge is 0.302 e. The van der Waals surface area contributed by atoms with Crippen molar-refractivity contribution in [1.82, 2.24) is 0 Å². The number of esters is 1. The Bertz CT molecular complexity index is 1230. The van der Waals surface area contributed by atoms with Gasteiger partial charge in [0.05, 0.1) is 58.3 Å². The number of benzene rings is 1. The molecule has 0 radical (unpaired) electrons. The monoisotopic (exact) mass is 770 g/mol. The third kappa shape index (κ3) is 13.3. The van der Waals surface area contributed by atoms with Crippen LogP contribution in [-0.4, -0.2) is 107 Å². The van der Waals surface area contributed by atoms with Gasteiger partial charge in [0.15, 0.2) is 16.6 Å². The van der Waals surface area contributed by atoms with Crippen molar-refractivity contribution in [2.75, 3.05) is 54.0 Å². The number of hydrogen-bond acceptors (Lipinski definition) is 11. The number of ether oxygens (including phenoxy) is 7. The van der Waals surface area contributed by atoms with Crippen LogP contribution in [0, 0.1) is 17.8 Å². The minimum absolute atomic E-state index is 0.0114. The van der Waals surface area contributed by atoms with Crippen LogP contribution < -0.4 is 4.74 Å². The van der Waals surface area contributed by atoms with E-state index in [1.54, 1.807) is 14.2 Å². The van der Waals surface area contributed by atoms with Gasteiger partial charge < -0.3 is 46.8 Å². The maximum atomic E-state index is 12.9. The molecule has 300 valence electrons. The number of aldehydes is 1. The summed E-state index contributed by atoms with van der Waals surface area (Å²) in [5.74, 6) is -1.08. The molecule has 52 heavy (non-hydrogen) atoms. The number of hydrogen-bond donors (Lipinski definition) is 0. The molecule has 7 atom stereocenters. The Morgan fingerprint density at radius 1 is 0.904 bits per heavy atom. The van der Waals surface area contributed by atoms with Gasteiger partial charge in [0, 0.05) is 32.5 Å². The molecule has 1 aliphatic heterocycles. The highest BCUT2D eigenvalue weighted by atomic mass is 28.4. The number of epoxide rings is 1. The van der Waals surface area contributed by atoms with Gasteiger partial charge in [-0.3, -0.25) is 4.79 Å². The molecule has 1 fully saturated rings. The Morgan fingerprint density at radius 3 is 2.04 bits per heavy atom. The summed E-state index contributed by atoms with van der Waals surface area (Å²) in [5, 5.41) is -0.233. The van der Waals surface area contributed by atoms with E-state index in [9.17, 15) is 9.59 Å². The lowest BCUT2D eigenvalue weighted by Crippen LogP contribution is -2.57. The van der Waals surface area contributed by atoms with Crippen molar-refractivity contribution in [2.45, 2.75) is 129 Å². The largest absolute Gasteiger partial charge is 0.497 e. The van der Waals surface area contributed by atoms with Gasteiger partial charge >= 0.3 is 5.97 Å². The summed E-state index contributed by atoms with van der Waals surface area (Å²) < 4.78 is 54.9.